The zero-order chi connectivity index (χ0) is 13.2. The van der Waals surface area contributed by atoms with Gasteiger partial charge in [-0.1, -0.05) is 36.4 Å². The molecule has 1 saturated carbocycles. The van der Waals surface area contributed by atoms with Crippen LogP contribution in [0, 0.1) is 11.3 Å². The van der Waals surface area contributed by atoms with Gasteiger partial charge in [0.15, 0.2) is 0 Å². The van der Waals surface area contributed by atoms with E-state index in [0.717, 1.165) is 30.4 Å². The number of aliphatic hydroxyl groups excluding tert-OH is 1. The van der Waals surface area contributed by atoms with E-state index in [1.54, 1.807) is 6.08 Å². The summed E-state index contributed by atoms with van der Waals surface area (Å²) in [5.41, 5.74) is 1.17. The van der Waals surface area contributed by atoms with Gasteiger partial charge in [0.05, 0.1) is 17.6 Å². The van der Waals surface area contributed by atoms with Gasteiger partial charge in [0.25, 0.3) is 0 Å². The van der Waals surface area contributed by atoms with Gasteiger partial charge >= 0.3 is 0 Å². The van der Waals surface area contributed by atoms with Gasteiger partial charge in [0, 0.05) is 5.02 Å². The molecule has 1 fully saturated rings. The molecule has 2 nitrogen and oxygen atoms in total. The van der Waals surface area contributed by atoms with Gasteiger partial charge in [-0.05, 0) is 42.9 Å². The summed E-state index contributed by atoms with van der Waals surface area (Å²) < 4.78 is 0. The molecule has 0 heterocycles. The van der Waals surface area contributed by atoms with E-state index in [4.69, 9.17) is 11.6 Å². The Morgan fingerprint density at radius 3 is 2.89 bits per heavy atom. The highest BCUT2D eigenvalue weighted by molar-refractivity contribution is 6.32. The third-order valence-electron chi connectivity index (χ3n) is 3.71. The Bertz CT molecular complexity index is 506. The van der Waals surface area contributed by atoms with Crippen LogP contribution in [0.5, 0.6) is 0 Å². The molecule has 0 aromatic heterocycles. The minimum Gasteiger partial charge on any atom is -0.393 e. The van der Waals surface area contributed by atoms with Gasteiger partial charge in [-0.15, -0.1) is 0 Å². The standard InChI is InChI=1S/C15H16ClNO/c1-2-11-5-6-12(8-14(11)16)15(10-17)7-3-4-13(18)9-15/h2,5-6,8,13,18H,1,3-4,7,9H2. The highest BCUT2D eigenvalue weighted by atomic mass is 35.5. The molecular weight excluding hydrogens is 246 g/mol. The highest BCUT2D eigenvalue weighted by Crippen LogP contribution is 2.40. The van der Waals surface area contributed by atoms with E-state index in [2.05, 4.69) is 12.6 Å². The van der Waals surface area contributed by atoms with Gasteiger partial charge in [-0.25, -0.2) is 0 Å². The Morgan fingerprint density at radius 2 is 2.33 bits per heavy atom. The number of rotatable bonds is 2. The van der Waals surface area contributed by atoms with Crippen LogP contribution in [0.1, 0.15) is 36.8 Å². The minimum absolute atomic E-state index is 0.392. The van der Waals surface area contributed by atoms with Gasteiger partial charge in [-0.2, -0.15) is 5.26 Å². The quantitative estimate of drug-likeness (QED) is 0.883. The maximum Gasteiger partial charge on any atom is 0.0847 e. The van der Waals surface area contributed by atoms with E-state index in [-0.39, 0.29) is 0 Å². The zero-order valence-electron chi connectivity index (χ0n) is 10.2. The average molecular weight is 262 g/mol. The Hall–Kier alpha value is -1.30. The SMILES string of the molecule is C=Cc1ccc(C2(C#N)CCCC(O)C2)cc1Cl. The maximum atomic E-state index is 9.81. The lowest BCUT2D eigenvalue weighted by molar-refractivity contribution is 0.102. The molecule has 1 aromatic rings. The molecule has 1 N–H and O–H groups in total. The van der Waals surface area contributed by atoms with Crippen molar-refractivity contribution < 1.29 is 5.11 Å². The molecule has 0 radical (unpaired) electrons. The van der Waals surface area contributed by atoms with Crippen molar-refractivity contribution >= 4 is 17.7 Å². The van der Waals surface area contributed by atoms with Crippen molar-refractivity contribution in [2.45, 2.75) is 37.2 Å². The number of hydrogen-bond acceptors (Lipinski definition) is 2. The van der Waals surface area contributed by atoms with Crippen molar-refractivity contribution in [2.75, 3.05) is 0 Å². The molecule has 0 bridgehead atoms. The normalized spacial score (nSPS) is 27.5. The van der Waals surface area contributed by atoms with Gasteiger partial charge in [0.1, 0.15) is 0 Å². The fourth-order valence-electron chi connectivity index (χ4n) is 2.66. The molecule has 1 aliphatic carbocycles. The Balaban J connectivity index is 2.42. The summed E-state index contributed by atoms with van der Waals surface area (Å²) in [4.78, 5) is 0. The summed E-state index contributed by atoms with van der Waals surface area (Å²) in [6, 6.07) is 8.02. The number of hydrogen-bond donors (Lipinski definition) is 1. The molecule has 1 aliphatic rings. The van der Waals surface area contributed by atoms with Crippen LogP contribution in [-0.2, 0) is 5.41 Å². The van der Waals surface area contributed by atoms with E-state index in [0.29, 0.717) is 11.4 Å². The van der Waals surface area contributed by atoms with E-state index < -0.39 is 11.5 Å². The summed E-state index contributed by atoms with van der Waals surface area (Å²) in [5.74, 6) is 0. The van der Waals surface area contributed by atoms with Crippen molar-refractivity contribution in [3.05, 3.63) is 40.9 Å². The number of aliphatic hydroxyl groups is 1. The minimum atomic E-state index is -0.596. The second kappa shape index (κ2) is 5.14. The predicted octanol–water partition coefficient (Wildman–Crippen LogP) is 3.68. The molecule has 0 aliphatic heterocycles. The second-order valence-corrected chi connectivity index (χ2v) is 5.29. The van der Waals surface area contributed by atoms with Crippen LogP contribution in [0.15, 0.2) is 24.8 Å². The third kappa shape index (κ3) is 2.29. The topological polar surface area (TPSA) is 44.0 Å². The molecule has 2 unspecified atom stereocenters. The molecular formula is C15H16ClNO. The highest BCUT2D eigenvalue weighted by Gasteiger charge is 2.37. The Labute approximate surface area is 113 Å². The number of nitriles is 1. The summed E-state index contributed by atoms with van der Waals surface area (Å²) in [6.45, 7) is 3.69. The van der Waals surface area contributed by atoms with Crippen LogP contribution in [-0.4, -0.2) is 11.2 Å². The van der Waals surface area contributed by atoms with Crippen molar-refractivity contribution in [1.82, 2.24) is 0 Å². The molecule has 94 valence electrons. The molecule has 1 aromatic carbocycles. The summed E-state index contributed by atoms with van der Waals surface area (Å²) in [6.07, 6.45) is 4.23. The van der Waals surface area contributed by atoms with Crippen LogP contribution in [0.3, 0.4) is 0 Å². The van der Waals surface area contributed by atoms with Crippen molar-refractivity contribution in [3.63, 3.8) is 0 Å². The van der Waals surface area contributed by atoms with Crippen LogP contribution in [0.2, 0.25) is 5.02 Å². The zero-order valence-corrected chi connectivity index (χ0v) is 11.0. The second-order valence-electron chi connectivity index (χ2n) is 4.88. The summed E-state index contributed by atoms with van der Waals surface area (Å²) in [7, 11) is 0. The lowest BCUT2D eigenvalue weighted by atomic mass is 9.69. The van der Waals surface area contributed by atoms with Gasteiger partial charge < -0.3 is 5.11 Å². The first-order valence-electron chi connectivity index (χ1n) is 6.13. The Morgan fingerprint density at radius 1 is 1.56 bits per heavy atom. The molecule has 0 amide bonds. The molecule has 18 heavy (non-hydrogen) atoms. The Kier molecular flexibility index (Phi) is 3.75. The number of halogens is 1. The van der Waals surface area contributed by atoms with E-state index in [9.17, 15) is 10.4 Å². The van der Waals surface area contributed by atoms with E-state index >= 15 is 0 Å². The molecule has 3 heteroatoms. The smallest absolute Gasteiger partial charge is 0.0847 e. The first kappa shape index (κ1) is 13.1. The van der Waals surface area contributed by atoms with Crippen molar-refractivity contribution in [1.29, 1.82) is 5.26 Å². The molecule has 2 rings (SSSR count). The fourth-order valence-corrected chi connectivity index (χ4v) is 2.92. The molecule has 2 atom stereocenters. The third-order valence-corrected chi connectivity index (χ3v) is 4.04. The van der Waals surface area contributed by atoms with E-state index in [1.165, 1.54) is 0 Å². The van der Waals surface area contributed by atoms with Gasteiger partial charge in [-0.3, -0.25) is 0 Å². The lowest BCUT2D eigenvalue weighted by Gasteiger charge is -2.34. The first-order valence-corrected chi connectivity index (χ1v) is 6.51. The van der Waals surface area contributed by atoms with Crippen LogP contribution < -0.4 is 0 Å². The number of nitrogens with zero attached hydrogens (tertiary/aromatic N) is 1. The summed E-state index contributed by atoms with van der Waals surface area (Å²) >= 11 is 6.16. The van der Waals surface area contributed by atoms with Crippen LogP contribution in [0.25, 0.3) is 6.08 Å². The van der Waals surface area contributed by atoms with Crippen molar-refractivity contribution in [2.24, 2.45) is 0 Å². The monoisotopic (exact) mass is 261 g/mol. The van der Waals surface area contributed by atoms with Gasteiger partial charge in [0.2, 0.25) is 0 Å². The molecule has 0 saturated heterocycles. The largest absolute Gasteiger partial charge is 0.393 e. The van der Waals surface area contributed by atoms with E-state index in [1.807, 2.05) is 18.2 Å². The van der Waals surface area contributed by atoms with Crippen molar-refractivity contribution in [3.8, 4) is 6.07 Å². The fraction of sp³-hybridized carbons (Fsp3) is 0.400. The lowest BCUT2D eigenvalue weighted by Crippen LogP contribution is -2.34. The average Bonchev–Trinajstić information content (AvgIpc) is 2.38. The van der Waals surface area contributed by atoms with Crippen LogP contribution in [0.4, 0.5) is 0 Å². The summed E-state index contributed by atoms with van der Waals surface area (Å²) in [5, 5.41) is 19.9. The first-order chi connectivity index (χ1) is 8.61. The maximum absolute atomic E-state index is 9.81. The molecule has 0 spiro atoms. The number of benzene rings is 1. The van der Waals surface area contributed by atoms with Crippen LogP contribution >= 0.6 is 11.6 Å². The predicted molar refractivity (Wildman–Crippen MR) is 73.3 cm³/mol.